The fraction of sp³-hybridized carbons (Fsp3) is 0.417. The number of amides is 1. The molecule has 1 heterocycles. The number of nitrogens with one attached hydrogen (secondary N) is 1. The molecule has 2 rings (SSSR count). The van der Waals surface area contributed by atoms with E-state index in [0.29, 0.717) is 12.1 Å². The van der Waals surface area contributed by atoms with Gasteiger partial charge in [0.2, 0.25) is 5.91 Å². The quantitative estimate of drug-likeness (QED) is 0.793. The van der Waals surface area contributed by atoms with Crippen LogP contribution >= 0.6 is 0 Å². The Hall–Kier alpha value is -1.38. The molecule has 0 aromatic heterocycles. The van der Waals surface area contributed by atoms with Crippen molar-refractivity contribution in [1.29, 1.82) is 0 Å². The van der Waals surface area contributed by atoms with Gasteiger partial charge >= 0.3 is 0 Å². The normalized spacial score (nSPS) is 19.6. The van der Waals surface area contributed by atoms with Gasteiger partial charge in [0.25, 0.3) is 0 Å². The predicted molar refractivity (Wildman–Crippen MR) is 57.3 cm³/mol. The number of fused-ring (bicyclic) bond motifs is 1. The first kappa shape index (κ1) is 10.1. The zero-order valence-electron chi connectivity index (χ0n) is 8.72. The molecule has 1 aliphatic rings. The number of para-hydroxylation sites is 1. The number of benzene rings is 1. The lowest BCUT2D eigenvalue weighted by atomic mass is 9.87. The van der Waals surface area contributed by atoms with Crippen molar-refractivity contribution in [3.05, 3.63) is 29.6 Å². The number of carbonyl (C=O) groups is 1. The minimum atomic E-state index is -0.332. The van der Waals surface area contributed by atoms with Gasteiger partial charge in [0.05, 0.1) is 5.69 Å². The highest BCUT2D eigenvalue weighted by atomic mass is 19.1. The Morgan fingerprint density at radius 1 is 1.53 bits per heavy atom. The maximum absolute atomic E-state index is 13.4. The SMILES string of the molecule is CCCC1CC(=O)Nc2c(F)cccc21. The monoisotopic (exact) mass is 207 g/mol. The second-order valence-electron chi connectivity index (χ2n) is 3.94. The highest BCUT2D eigenvalue weighted by Crippen LogP contribution is 2.36. The van der Waals surface area contributed by atoms with E-state index in [1.807, 2.05) is 6.07 Å². The van der Waals surface area contributed by atoms with Crippen molar-refractivity contribution in [2.45, 2.75) is 32.1 Å². The molecule has 0 saturated heterocycles. The van der Waals surface area contributed by atoms with Crippen LogP contribution in [0.2, 0.25) is 0 Å². The van der Waals surface area contributed by atoms with Crippen molar-refractivity contribution >= 4 is 11.6 Å². The lowest BCUT2D eigenvalue weighted by Crippen LogP contribution is -2.23. The van der Waals surface area contributed by atoms with E-state index in [1.165, 1.54) is 6.07 Å². The molecule has 0 bridgehead atoms. The van der Waals surface area contributed by atoms with Crippen molar-refractivity contribution in [3.63, 3.8) is 0 Å². The van der Waals surface area contributed by atoms with Crippen LogP contribution in [0.3, 0.4) is 0 Å². The third-order valence-corrected chi connectivity index (χ3v) is 2.82. The maximum atomic E-state index is 13.4. The van der Waals surface area contributed by atoms with Crippen LogP contribution in [0, 0.1) is 5.82 Å². The molecule has 0 aliphatic carbocycles. The lowest BCUT2D eigenvalue weighted by molar-refractivity contribution is -0.116. The smallest absolute Gasteiger partial charge is 0.225 e. The molecule has 0 fully saturated rings. The Bertz CT molecular complexity index is 389. The molecule has 1 N–H and O–H groups in total. The summed E-state index contributed by atoms with van der Waals surface area (Å²) in [4.78, 5) is 11.4. The van der Waals surface area contributed by atoms with Crippen molar-refractivity contribution in [2.75, 3.05) is 5.32 Å². The molecule has 15 heavy (non-hydrogen) atoms. The topological polar surface area (TPSA) is 29.1 Å². The average Bonchev–Trinajstić information content (AvgIpc) is 2.20. The van der Waals surface area contributed by atoms with Gasteiger partial charge in [-0.15, -0.1) is 0 Å². The minimum Gasteiger partial charge on any atom is -0.323 e. The van der Waals surface area contributed by atoms with E-state index in [9.17, 15) is 9.18 Å². The van der Waals surface area contributed by atoms with E-state index in [0.717, 1.165) is 18.4 Å². The Balaban J connectivity index is 2.41. The molecule has 1 aromatic carbocycles. The highest BCUT2D eigenvalue weighted by Gasteiger charge is 2.26. The van der Waals surface area contributed by atoms with Crippen molar-refractivity contribution in [1.82, 2.24) is 0 Å². The van der Waals surface area contributed by atoms with Gasteiger partial charge in [0, 0.05) is 6.42 Å². The Morgan fingerprint density at radius 3 is 3.07 bits per heavy atom. The Morgan fingerprint density at radius 2 is 2.33 bits per heavy atom. The first-order valence-corrected chi connectivity index (χ1v) is 5.30. The second kappa shape index (κ2) is 4.01. The lowest BCUT2D eigenvalue weighted by Gasteiger charge is -2.25. The summed E-state index contributed by atoms with van der Waals surface area (Å²) in [7, 11) is 0. The maximum Gasteiger partial charge on any atom is 0.225 e. The summed E-state index contributed by atoms with van der Waals surface area (Å²) in [5.74, 6) is -0.234. The van der Waals surface area contributed by atoms with Crippen LogP contribution in [0.15, 0.2) is 18.2 Å². The fourth-order valence-corrected chi connectivity index (χ4v) is 2.14. The number of carbonyl (C=O) groups excluding carboxylic acids is 1. The molecule has 80 valence electrons. The molecular weight excluding hydrogens is 193 g/mol. The molecule has 0 saturated carbocycles. The van der Waals surface area contributed by atoms with Gasteiger partial charge in [-0.05, 0) is 24.0 Å². The Labute approximate surface area is 88.5 Å². The number of halogens is 1. The molecule has 1 atom stereocenters. The zero-order chi connectivity index (χ0) is 10.8. The van der Waals surface area contributed by atoms with E-state index in [2.05, 4.69) is 12.2 Å². The molecular formula is C12H14FNO. The van der Waals surface area contributed by atoms with Crippen LogP contribution < -0.4 is 5.32 Å². The first-order chi connectivity index (χ1) is 7.22. The summed E-state index contributed by atoms with van der Waals surface area (Å²) in [5.41, 5.74) is 1.32. The summed E-state index contributed by atoms with van der Waals surface area (Å²) < 4.78 is 13.4. The van der Waals surface area contributed by atoms with Gasteiger partial charge in [0.15, 0.2) is 0 Å². The van der Waals surface area contributed by atoms with Crippen LogP contribution in [0.5, 0.6) is 0 Å². The molecule has 1 unspecified atom stereocenters. The minimum absolute atomic E-state index is 0.0777. The van der Waals surface area contributed by atoms with Crippen LogP contribution in [-0.2, 0) is 4.79 Å². The third kappa shape index (κ3) is 1.87. The molecule has 1 aliphatic heterocycles. The molecule has 1 aromatic rings. The van der Waals surface area contributed by atoms with Gasteiger partial charge in [-0.2, -0.15) is 0 Å². The van der Waals surface area contributed by atoms with E-state index in [4.69, 9.17) is 0 Å². The molecule has 1 amide bonds. The summed E-state index contributed by atoms with van der Waals surface area (Å²) in [6.07, 6.45) is 2.42. The molecule has 0 spiro atoms. The van der Waals surface area contributed by atoms with Crippen LogP contribution in [0.4, 0.5) is 10.1 Å². The second-order valence-corrected chi connectivity index (χ2v) is 3.94. The fourth-order valence-electron chi connectivity index (χ4n) is 2.14. The number of hydrogen-bond donors (Lipinski definition) is 1. The van der Waals surface area contributed by atoms with Gasteiger partial charge in [-0.25, -0.2) is 4.39 Å². The average molecular weight is 207 g/mol. The van der Waals surface area contributed by atoms with Crippen molar-refractivity contribution in [3.8, 4) is 0 Å². The van der Waals surface area contributed by atoms with Gasteiger partial charge in [-0.1, -0.05) is 25.5 Å². The van der Waals surface area contributed by atoms with Crippen molar-refractivity contribution < 1.29 is 9.18 Å². The van der Waals surface area contributed by atoms with Gasteiger partial charge < -0.3 is 5.32 Å². The van der Waals surface area contributed by atoms with Crippen LogP contribution in [0.25, 0.3) is 0 Å². The summed E-state index contributed by atoms with van der Waals surface area (Å²) in [5, 5.41) is 2.60. The Kier molecular flexibility index (Phi) is 2.71. The van der Waals surface area contributed by atoms with Gasteiger partial charge in [-0.3, -0.25) is 4.79 Å². The number of hydrogen-bond acceptors (Lipinski definition) is 1. The largest absolute Gasteiger partial charge is 0.323 e. The van der Waals surface area contributed by atoms with E-state index >= 15 is 0 Å². The summed E-state index contributed by atoms with van der Waals surface area (Å²) in [6, 6.07) is 4.99. The number of rotatable bonds is 2. The van der Waals surface area contributed by atoms with Crippen LogP contribution in [0.1, 0.15) is 37.7 Å². The highest BCUT2D eigenvalue weighted by molar-refractivity contribution is 5.94. The van der Waals surface area contributed by atoms with E-state index in [-0.39, 0.29) is 17.6 Å². The standard InChI is InChI=1S/C12H14FNO/c1-2-4-8-7-11(15)14-12-9(8)5-3-6-10(12)13/h3,5-6,8H,2,4,7H2,1H3,(H,14,15). The predicted octanol–water partition coefficient (Wildman–Crippen LogP) is 3.05. The van der Waals surface area contributed by atoms with Gasteiger partial charge in [0.1, 0.15) is 5.82 Å². The molecule has 0 radical (unpaired) electrons. The summed E-state index contributed by atoms with van der Waals surface area (Å²) >= 11 is 0. The molecule has 3 heteroatoms. The third-order valence-electron chi connectivity index (χ3n) is 2.82. The summed E-state index contributed by atoms with van der Waals surface area (Å²) in [6.45, 7) is 2.07. The van der Waals surface area contributed by atoms with Crippen LogP contribution in [-0.4, -0.2) is 5.91 Å². The van der Waals surface area contributed by atoms with Crippen molar-refractivity contribution in [2.24, 2.45) is 0 Å². The molecule has 2 nitrogen and oxygen atoms in total. The number of anilines is 1. The first-order valence-electron chi connectivity index (χ1n) is 5.30. The van der Waals surface area contributed by atoms with E-state index < -0.39 is 0 Å². The zero-order valence-corrected chi connectivity index (χ0v) is 8.72. The van der Waals surface area contributed by atoms with E-state index in [1.54, 1.807) is 6.07 Å².